The minimum Gasteiger partial charge on any atom is -0.381 e. The summed E-state index contributed by atoms with van der Waals surface area (Å²) in [4.78, 5) is 4.15. The Kier molecular flexibility index (Phi) is 5.60. The van der Waals surface area contributed by atoms with Gasteiger partial charge in [0.15, 0.2) is 0 Å². The molecule has 1 aromatic carbocycles. The zero-order chi connectivity index (χ0) is 16.8. The third-order valence-electron chi connectivity index (χ3n) is 4.29. The van der Waals surface area contributed by atoms with E-state index in [2.05, 4.69) is 9.71 Å². The van der Waals surface area contributed by atoms with E-state index in [0.29, 0.717) is 13.2 Å². The Labute approximate surface area is 143 Å². The maximum Gasteiger partial charge on any atom is 0.216 e. The molecule has 1 N–H and O–H groups in total. The van der Waals surface area contributed by atoms with E-state index >= 15 is 0 Å². The van der Waals surface area contributed by atoms with Crippen molar-refractivity contribution >= 4 is 10.0 Å². The number of nitrogens with one attached hydrogen (secondary N) is 1. The number of rotatable bonds is 6. The predicted octanol–water partition coefficient (Wildman–Crippen LogP) is 2.67. The molecule has 0 unspecified atom stereocenters. The summed E-state index contributed by atoms with van der Waals surface area (Å²) < 4.78 is 33.7. The molecule has 1 atom stereocenters. The lowest BCUT2D eigenvalue weighted by Gasteiger charge is -2.31. The molecule has 1 aliphatic heterocycles. The van der Waals surface area contributed by atoms with Gasteiger partial charge in [0, 0.05) is 25.6 Å². The molecule has 0 amide bonds. The van der Waals surface area contributed by atoms with Crippen molar-refractivity contribution in [2.75, 3.05) is 13.2 Å². The van der Waals surface area contributed by atoms with Gasteiger partial charge in [0.25, 0.3) is 0 Å². The number of ether oxygens (including phenoxy) is 1. The first-order valence-electron chi connectivity index (χ1n) is 8.16. The Balaban J connectivity index is 1.80. The molecule has 5 nitrogen and oxygen atoms in total. The van der Waals surface area contributed by atoms with Crippen molar-refractivity contribution in [3.8, 4) is 0 Å². The first-order valence-corrected chi connectivity index (χ1v) is 9.81. The van der Waals surface area contributed by atoms with Crippen LogP contribution in [-0.4, -0.2) is 26.6 Å². The van der Waals surface area contributed by atoms with Crippen LogP contribution < -0.4 is 4.72 Å². The van der Waals surface area contributed by atoms with Crippen molar-refractivity contribution in [1.82, 2.24) is 9.71 Å². The Morgan fingerprint density at radius 3 is 2.54 bits per heavy atom. The van der Waals surface area contributed by atoms with E-state index in [1.807, 2.05) is 42.5 Å². The molecule has 1 aromatic heterocycles. The molecule has 0 spiro atoms. The number of pyridine rings is 1. The van der Waals surface area contributed by atoms with Gasteiger partial charge in [-0.1, -0.05) is 36.4 Å². The molecule has 3 rings (SSSR count). The molecule has 1 saturated heterocycles. The number of hydrogen-bond donors (Lipinski definition) is 1. The van der Waals surface area contributed by atoms with Crippen LogP contribution in [0.2, 0.25) is 0 Å². The van der Waals surface area contributed by atoms with Gasteiger partial charge in [-0.15, -0.1) is 0 Å². The van der Waals surface area contributed by atoms with Gasteiger partial charge in [-0.2, -0.15) is 0 Å². The van der Waals surface area contributed by atoms with Crippen LogP contribution >= 0.6 is 0 Å². The third kappa shape index (κ3) is 4.63. The smallest absolute Gasteiger partial charge is 0.216 e. The van der Waals surface area contributed by atoms with Crippen LogP contribution in [0, 0.1) is 5.92 Å². The van der Waals surface area contributed by atoms with Gasteiger partial charge in [0.05, 0.1) is 11.8 Å². The molecular weight excluding hydrogens is 324 g/mol. The van der Waals surface area contributed by atoms with Gasteiger partial charge in [-0.3, -0.25) is 4.98 Å². The fraction of sp³-hybridized carbons (Fsp3) is 0.389. The summed E-state index contributed by atoms with van der Waals surface area (Å²) >= 11 is 0. The van der Waals surface area contributed by atoms with Crippen LogP contribution in [0.4, 0.5) is 0 Å². The minimum atomic E-state index is -3.45. The van der Waals surface area contributed by atoms with Crippen LogP contribution in [0.15, 0.2) is 54.9 Å². The SMILES string of the molecule is O=S(=O)(Cc1ccccc1)N[C@@H](c1cccnc1)C1CCOCC1. The summed E-state index contributed by atoms with van der Waals surface area (Å²) in [5, 5.41) is 0. The lowest BCUT2D eigenvalue weighted by Crippen LogP contribution is -2.36. The van der Waals surface area contributed by atoms with E-state index in [1.54, 1.807) is 12.4 Å². The summed E-state index contributed by atoms with van der Waals surface area (Å²) in [6.45, 7) is 1.34. The largest absolute Gasteiger partial charge is 0.381 e. The van der Waals surface area contributed by atoms with Crippen molar-refractivity contribution in [1.29, 1.82) is 0 Å². The van der Waals surface area contributed by atoms with Crippen LogP contribution in [0.25, 0.3) is 0 Å². The second-order valence-corrected chi connectivity index (χ2v) is 7.83. The first-order chi connectivity index (χ1) is 11.6. The number of aromatic nitrogens is 1. The number of benzene rings is 1. The third-order valence-corrected chi connectivity index (χ3v) is 5.61. The highest BCUT2D eigenvalue weighted by Gasteiger charge is 2.29. The summed E-state index contributed by atoms with van der Waals surface area (Å²) in [7, 11) is -3.45. The van der Waals surface area contributed by atoms with Crippen molar-refractivity contribution in [2.24, 2.45) is 5.92 Å². The molecule has 0 radical (unpaired) electrons. The monoisotopic (exact) mass is 346 g/mol. The van der Waals surface area contributed by atoms with Gasteiger partial charge in [0.1, 0.15) is 0 Å². The summed E-state index contributed by atoms with van der Waals surface area (Å²) in [6, 6.07) is 12.7. The maximum absolute atomic E-state index is 12.7. The minimum absolute atomic E-state index is 0.0200. The zero-order valence-corrected chi connectivity index (χ0v) is 14.3. The number of sulfonamides is 1. The second-order valence-electron chi connectivity index (χ2n) is 6.08. The van der Waals surface area contributed by atoms with E-state index < -0.39 is 10.0 Å². The Morgan fingerprint density at radius 1 is 1.12 bits per heavy atom. The molecule has 2 heterocycles. The van der Waals surface area contributed by atoms with Crippen molar-refractivity contribution in [3.63, 3.8) is 0 Å². The molecule has 1 fully saturated rings. The van der Waals surface area contributed by atoms with Crippen LogP contribution in [0.1, 0.15) is 30.0 Å². The average Bonchev–Trinajstić information content (AvgIpc) is 2.62. The first kappa shape index (κ1) is 17.1. The summed E-state index contributed by atoms with van der Waals surface area (Å²) in [5.74, 6) is 0.196. The molecule has 0 saturated carbocycles. The van der Waals surface area contributed by atoms with Crippen molar-refractivity contribution < 1.29 is 13.2 Å². The standard InChI is InChI=1S/C18H22N2O3S/c21-24(22,14-15-5-2-1-3-6-15)20-18(16-8-11-23-12-9-16)17-7-4-10-19-13-17/h1-7,10,13,16,18,20H,8-9,11-12,14H2/t18-/m1/s1. The molecule has 0 bridgehead atoms. The lowest BCUT2D eigenvalue weighted by atomic mass is 9.88. The number of nitrogens with zero attached hydrogens (tertiary/aromatic N) is 1. The van der Waals surface area contributed by atoms with Gasteiger partial charge < -0.3 is 4.74 Å². The van der Waals surface area contributed by atoms with Gasteiger partial charge >= 0.3 is 0 Å². The molecule has 0 aliphatic carbocycles. The lowest BCUT2D eigenvalue weighted by molar-refractivity contribution is 0.0564. The van der Waals surface area contributed by atoms with Gasteiger partial charge in [0.2, 0.25) is 10.0 Å². The average molecular weight is 346 g/mol. The molecule has 128 valence electrons. The van der Waals surface area contributed by atoms with E-state index in [-0.39, 0.29) is 17.7 Å². The molecule has 6 heteroatoms. The van der Waals surface area contributed by atoms with E-state index in [1.165, 1.54) is 0 Å². The summed E-state index contributed by atoms with van der Waals surface area (Å²) in [5.41, 5.74) is 1.68. The maximum atomic E-state index is 12.7. The molecule has 2 aromatic rings. The fourth-order valence-electron chi connectivity index (χ4n) is 3.07. The van der Waals surface area contributed by atoms with Crippen LogP contribution in [0.3, 0.4) is 0 Å². The topological polar surface area (TPSA) is 68.3 Å². The highest BCUT2D eigenvalue weighted by Crippen LogP contribution is 2.30. The van der Waals surface area contributed by atoms with Gasteiger partial charge in [-0.25, -0.2) is 13.1 Å². The fourth-order valence-corrected chi connectivity index (χ4v) is 4.50. The Hall–Kier alpha value is -1.76. The highest BCUT2D eigenvalue weighted by molar-refractivity contribution is 7.88. The Bertz CT molecular complexity index is 729. The van der Waals surface area contributed by atoms with E-state index in [4.69, 9.17) is 4.74 Å². The molecule has 24 heavy (non-hydrogen) atoms. The zero-order valence-electron chi connectivity index (χ0n) is 13.5. The van der Waals surface area contributed by atoms with Crippen molar-refractivity contribution in [3.05, 3.63) is 66.0 Å². The normalized spacial score (nSPS) is 17.5. The summed E-state index contributed by atoms with van der Waals surface area (Å²) in [6.07, 6.45) is 5.12. The highest BCUT2D eigenvalue weighted by atomic mass is 32.2. The van der Waals surface area contributed by atoms with Gasteiger partial charge in [-0.05, 0) is 36.0 Å². The van der Waals surface area contributed by atoms with Crippen LogP contribution in [0.5, 0.6) is 0 Å². The number of hydrogen-bond acceptors (Lipinski definition) is 4. The Morgan fingerprint density at radius 2 is 1.88 bits per heavy atom. The molecular formula is C18H22N2O3S. The molecule has 1 aliphatic rings. The second kappa shape index (κ2) is 7.88. The predicted molar refractivity (Wildman–Crippen MR) is 92.7 cm³/mol. The van der Waals surface area contributed by atoms with Crippen LogP contribution in [-0.2, 0) is 20.5 Å². The van der Waals surface area contributed by atoms with E-state index in [0.717, 1.165) is 24.0 Å². The quantitative estimate of drug-likeness (QED) is 0.873. The van der Waals surface area contributed by atoms with Crippen molar-refractivity contribution in [2.45, 2.75) is 24.6 Å². The van der Waals surface area contributed by atoms with E-state index in [9.17, 15) is 8.42 Å².